The van der Waals surface area contributed by atoms with Crippen LogP contribution in [0.15, 0.2) is 17.2 Å². The minimum atomic E-state index is -2.72. The molecule has 0 aromatic carbocycles. The van der Waals surface area contributed by atoms with Crippen LogP contribution in [0.1, 0.15) is 31.4 Å². The molecule has 0 bridgehead atoms. The molecule has 1 aromatic rings. The van der Waals surface area contributed by atoms with Gasteiger partial charge in [-0.05, 0) is 38.3 Å². The van der Waals surface area contributed by atoms with Crippen molar-refractivity contribution in [2.75, 3.05) is 26.7 Å². The van der Waals surface area contributed by atoms with Crippen molar-refractivity contribution >= 4 is 5.91 Å². The van der Waals surface area contributed by atoms with Crippen molar-refractivity contribution in [1.29, 1.82) is 0 Å². The quantitative estimate of drug-likeness (QED) is 0.824. The number of carbonyl (C=O) groups excluding carboxylic acids is 1. The SMILES string of the molecule is CN1CCC(N2CCC(Cn3cnc(C(F)F)cc3=O)CC2)C1=O. The molecule has 0 radical (unpaired) electrons. The molecule has 2 fully saturated rings. The van der Waals surface area contributed by atoms with Crippen molar-refractivity contribution in [3.05, 3.63) is 28.4 Å². The molecule has 2 aliphatic heterocycles. The summed E-state index contributed by atoms with van der Waals surface area (Å²) in [6.45, 7) is 2.95. The van der Waals surface area contributed by atoms with Gasteiger partial charge in [-0.3, -0.25) is 19.1 Å². The number of hydrogen-bond donors (Lipinski definition) is 0. The summed E-state index contributed by atoms with van der Waals surface area (Å²) >= 11 is 0. The van der Waals surface area contributed by atoms with E-state index in [-0.39, 0.29) is 11.9 Å². The Balaban J connectivity index is 1.56. The van der Waals surface area contributed by atoms with Gasteiger partial charge in [-0.1, -0.05) is 0 Å². The fourth-order valence-corrected chi connectivity index (χ4v) is 3.56. The van der Waals surface area contributed by atoms with Crippen molar-refractivity contribution in [2.24, 2.45) is 5.92 Å². The first-order valence-electron chi connectivity index (χ1n) is 8.29. The first kappa shape index (κ1) is 17.0. The highest BCUT2D eigenvalue weighted by molar-refractivity contribution is 5.83. The number of amides is 1. The van der Waals surface area contributed by atoms with Gasteiger partial charge >= 0.3 is 0 Å². The van der Waals surface area contributed by atoms with E-state index in [9.17, 15) is 18.4 Å². The van der Waals surface area contributed by atoms with Crippen LogP contribution in [-0.4, -0.2) is 58.0 Å². The van der Waals surface area contributed by atoms with Gasteiger partial charge in [-0.2, -0.15) is 0 Å². The molecule has 3 rings (SSSR count). The second-order valence-corrected chi connectivity index (χ2v) is 6.65. The molecule has 2 aliphatic rings. The monoisotopic (exact) mass is 340 g/mol. The number of rotatable bonds is 4. The first-order valence-corrected chi connectivity index (χ1v) is 8.29. The van der Waals surface area contributed by atoms with E-state index in [1.54, 1.807) is 4.90 Å². The maximum absolute atomic E-state index is 12.5. The highest BCUT2D eigenvalue weighted by Crippen LogP contribution is 2.24. The summed E-state index contributed by atoms with van der Waals surface area (Å²) in [6, 6.07) is 0.901. The Morgan fingerprint density at radius 3 is 2.46 bits per heavy atom. The molecule has 2 saturated heterocycles. The molecule has 1 amide bonds. The van der Waals surface area contributed by atoms with E-state index in [2.05, 4.69) is 9.88 Å². The van der Waals surface area contributed by atoms with Crippen molar-refractivity contribution < 1.29 is 13.6 Å². The Morgan fingerprint density at radius 1 is 1.21 bits per heavy atom. The number of likely N-dealkylation sites (N-methyl/N-ethyl adjacent to an activating group) is 1. The summed E-state index contributed by atoms with van der Waals surface area (Å²) in [7, 11) is 1.83. The van der Waals surface area contributed by atoms with Gasteiger partial charge in [0, 0.05) is 26.2 Å². The van der Waals surface area contributed by atoms with Gasteiger partial charge in [-0.25, -0.2) is 13.8 Å². The van der Waals surface area contributed by atoms with Gasteiger partial charge in [-0.15, -0.1) is 0 Å². The van der Waals surface area contributed by atoms with E-state index >= 15 is 0 Å². The van der Waals surface area contributed by atoms with Gasteiger partial charge < -0.3 is 4.90 Å². The van der Waals surface area contributed by atoms with Crippen LogP contribution in [0.25, 0.3) is 0 Å². The number of hydrogen-bond acceptors (Lipinski definition) is 4. The summed E-state index contributed by atoms with van der Waals surface area (Å²) < 4.78 is 26.5. The maximum atomic E-state index is 12.5. The summed E-state index contributed by atoms with van der Waals surface area (Å²) in [4.78, 5) is 31.6. The van der Waals surface area contributed by atoms with E-state index in [1.165, 1.54) is 10.9 Å². The number of piperidine rings is 1. The summed E-state index contributed by atoms with van der Waals surface area (Å²) in [5.41, 5.74) is -0.912. The van der Waals surface area contributed by atoms with E-state index in [1.807, 2.05) is 7.05 Å². The molecule has 1 unspecified atom stereocenters. The predicted molar refractivity (Wildman–Crippen MR) is 83.8 cm³/mol. The molecule has 0 spiro atoms. The van der Waals surface area contributed by atoms with Crippen molar-refractivity contribution in [1.82, 2.24) is 19.4 Å². The average molecular weight is 340 g/mol. The van der Waals surface area contributed by atoms with Crippen molar-refractivity contribution in [3.63, 3.8) is 0 Å². The standard InChI is InChI=1S/C16H22F2N4O2/c1-20-5-4-13(16(20)24)21-6-2-11(3-7-21)9-22-10-19-12(15(17)18)8-14(22)23/h8,10-11,13,15H,2-7,9H2,1H3. The third-order valence-corrected chi connectivity index (χ3v) is 5.07. The Hall–Kier alpha value is -1.83. The zero-order chi connectivity index (χ0) is 17.3. The fraction of sp³-hybridized carbons (Fsp3) is 0.688. The predicted octanol–water partition coefficient (Wildman–Crippen LogP) is 1.12. The fourth-order valence-electron chi connectivity index (χ4n) is 3.56. The second-order valence-electron chi connectivity index (χ2n) is 6.65. The zero-order valence-corrected chi connectivity index (χ0v) is 13.7. The van der Waals surface area contributed by atoms with Crippen LogP contribution in [0.2, 0.25) is 0 Å². The van der Waals surface area contributed by atoms with Gasteiger partial charge in [0.05, 0.1) is 12.4 Å². The van der Waals surface area contributed by atoms with Crippen LogP contribution in [0.3, 0.4) is 0 Å². The molecule has 0 saturated carbocycles. The van der Waals surface area contributed by atoms with Crippen LogP contribution in [0.4, 0.5) is 8.78 Å². The van der Waals surface area contributed by atoms with E-state index in [0.29, 0.717) is 12.5 Å². The van der Waals surface area contributed by atoms with E-state index in [0.717, 1.165) is 45.0 Å². The van der Waals surface area contributed by atoms with Crippen molar-refractivity contribution in [3.8, 4) is 0 Å². The highest BCUT2D eigenvalue weighted by Gasteiger charge is 2.35. The van der Waals surface area contributed by atoms with Crippen LogP contribution in [0.5, 0.6) is 0 Å². The van der Waals surface area contributed by atoms with Gasteiger partial charge in [0.2, 0.25) is 5.91 Å². The Bertz CT molecular complexity index is 656. The lowest BCUT2D eigenvalue weighted by Crippen LogP contribution is -2.46. The molecular weight excluding hydrogens is 318 g/mol. The summed E-state index contributed by atoms with van der Waals surface area (Å²) in [6.07, 6.45) is 1.13. The van der Waals surface area contributed by atoms with E-state index in [4.69, 9.17) is 0 Å². The summed E-state index contributed by atoms with van der Waals surface area (Å²) in [5, 5.41) is 0. The minimum absolute atomic E-state index is 0.00864. The van der Waals surface area contributed by atoms with Gasteiger partial charge in [0.1, 0.15) is 5.69 Å². The molecule has 24 heavy (non-hydrogen) atoms. The Morgan fingerprint density at radius 2 is 1.92 bits per heavy atom. The Labute approximate surface area is 139 Å². The zero-order valence-electron chi connectivity index (χ0n) is 13.7. The normalized spacial score (nSPS) is 23.4. The van der Waals surface area contributed by atoms with E-state index < -0.39 is 17.7 Å². The molecule has 0 N–H and O–H groups in total. The lowest BCUT2D eigenvalue weighted by atomic mass is 9.95. The number of halogens is 2. The number of carbonyl (C=O) groups is 1. The Kier molecular flexibility index (Phi) is 4.93. The first-order chi connectivity index (χ1) is 11.5. The average Bonchev–Trinajstić information content (AvgIpc) is 2.89. The second kappa shape index (κ2) is 6.96. The van der Waals surface area contributed by atoms with Gasteiger partial charge in [0.25, 0.3) is 12.0 Å². The molecular formula is C16H22F2N4O2. The highest BCUT2D eigenvalue weighted by atomic mass is 19.3. The largest absolute Gasteiger partial charge is 0.344 e. The molecule has 1 aromatic heterocycles. The van der Waals surface area contributed by atoms with Crippen LogP contribution in [-0.2, 0) is 11.3 Å². The lowest BCUT2D eigenvalue weighted by molar-refractivity contribution is -0.131. The van der Waals surface area contributed by atoms with Crippen LogP contribution >= 0.6 is 0 Å². The third kappa shape index (κ3) is 3.48. The molecule has 132 valence electrons. The number of nitrogens with zero attached hydrogens (tertiary/aromatic N) is 4. The van der Waals surface area contributed by atoms with Crippen molar-refractivity contribution in [2.45, 2.75) is 38.3 Å². The van der Waals surface area contributed by atoms with Gasteiger partial charge in [0.15, 0.2) is 0 Å². The number of likely N-dealkylation sites (tertiary alicyclic amines) is 2. The topological polar surface area (TPSA) is 58.4 Å². The molecule has 3 heterocycles. The molecule has 6 nitrogen and oxygen atoms in total. The minimum Gasteiger partial charge on any atom is -0.344 e. The summed E-state index contributed by atoms with van der Waals surface area (Å²) in [5.74, 6) is 0.490. The van der Waals surface area contributed by atoms with Crippen LogP contribution in [0, 0.1) is 5.92 Å². The molecule has 0 aliphatic carbocycles. The lowest BCUT2D eigenvalue weighted by Gasteiger charge is -2.35. The number of alkyl halides is 2. The smallest absolute Gasteiger partial charge is 0.280 e. The number of aromatic nitrogens is 2. The third-order valence-electron chi connectivity index (χ3n) is 5.07. The van der Waals surface area contributed by atoms with Crippen LogP contribution < -0.4 is 5.56 Å². The maximum Gasteiger partial charge on any atom is 0.280 e. The molecule has 8 heteroatoms. The molecule has 1 atom stereocenters.